The van der Waals surface area contributed by atoms with Gasteiger partial charge in [0.15, 0.2) is 4.32 Å². The number of hydrazone groups is 1. The number of anilines is 1. The van der Waals surface area contributed by atoms with Crippen LogP contribution in [0.5, 0.6) is 5.75 Å². The Labute approximate surface area is 164 Å². The molecule has 2 atom stereocenters. The maximum Gasteiger partial charge on any atom is 0.271 e. The average molecular weight is 432 g/mol. The van der Waals surface area contributed by atoms with Crippen molar-refractivity contribution in [3.63, 3.8) is 0 Å². The zero-order valence-corrected chi connectivity index (χ0v) is 16.4. The van der Waals surface area contributed by atoms with Crippen molar-refractivity contribution >= 4 is 33.2 Å². The lowest BCUT2D eigenvalue weighted by molar-refractivity contribution is -0.483. The Kier molecular flexibility index (Phi) is 5.27. The first-order valence-corrected chi connectivity index (χ1v) is 9.07. The van der Waals surface area contributed by atoms with E-state index in [-0.39, 0.29) is 5.91 Å². The molecule has 0 aliphatic carbocycles. The van der Waals surface area contributed by atoms with Crippen molar-refractivity contribution in [1.82, 2.24) is 0 Å². The second-order valence-corrected chi connectivity index (χ2v) is 7.44. The zero-order chi connectivity index (χ0) is 19.6. The minimum Gasteiger partial charge on any atom is -0.497 e. The average Bonchev–Trinajstić information content (AvgIpc) is 2.91. The molecular weight excluding hydrogens is 414 g/mol. The lowest BCUT2D eigenvalue weighted by Gasteiger charge is -2.29. The van der Waals surface area contributed by atoms with Crippen LogP contribution in [0.25, 0.3) is 0 Å². The van der Waals surface area contributed by atoms with Crippen LogP contribution in [-0.2, 0) is 4.79 Å². The molecule has 0 fully saturated rings. The highest BCUT2D eigenvalue weighted by molar-refractivity contribution is 9.10. The molecule has 0 unspecified atom stereocenters. The Morgan fingerprint density at radius 2 is 1.85 bits per heavy atom. The van der Waals surface area contributed by atoms with Crippen LogP contribution in [0.2, 0.25) is 0 Å². The molecule has 0 bridgehead atoms. The first kappa shape index (κ1) is 19.0. The number of hydrogen-bond donors (Lipinski definition) is 0. The summed E-state index contributed by atoms with van der Waals surface area (Å²) in [4.78, 5) is 24.2. The maximum absolute atomic E-state index is 13.3. The largest absolute Gasteiger partial charge is 0.497 e. The van der Waals surface area contributed by atoms with Gasteiger partial charge in [-0.25, -0.2) is 0 Å². The molecule has 0 saturated heterocycles. The van der Waals surface area contributed by atoms with E-state index in [1.54, 1.807) is 62.6 Å². The summed E-state index contributed by atoms with van der Waals surface area (Å²) in [5.41, 5.74) is 1.74. The molecule has 0 N–H and O–H groups in total. The van der Waals surface area contributed by atoms with Gasteiger partial charge in [0.05, 0.1) is 24.4 Å². The van der Waals surface area contributed by atoms with E-state index < -0.39 is 21.7 Å². The van der Waals surface area contributed by atoms with Crippen LogP contribution < -0.4 is 9.75 Å². The van der Waals surface area contributed by atoms with Crippen LogP contribution >= 0.6 is 15.9 Å². The van der Waals surface area contributed by atoms with Crippen LogP contribution in [-0.4, -0.2) is 34.5 Å². The third-order valence-electron chi connectivity index (χ3n) is 4.61. The monoisotopic (exact) mass is 431 g/mol. The Hall–Kier alpha value is -2.74. The third kappa shape index (κ3) is 3.44. The van der Waals surface area contributed by atoms with Crippen LogP contribution in [0.4, 0.5) is 5.69 Å². The SMILES string of the molecule is COc1ccc([C@H](C[N+](=O)[O-])[C@]2(Br)C(=O)N(c3ccccc3)N=C2C)cc1. The predicted molar refractivity (Wildman–Crippen MR) is 106 cm³/mol. The Bertz CT molecular complexity index is 886. The molecular formula is C19H18BrN3O4. The number of carbonyl (C=O) groups excluding carboxylic acids is 1. The summed E-state index contributed by atoms with van der Waals surface area (Å²) in [6.07, 6.45) is 0. The van der Waals surface area contributed by atoms with Crippen LogP contribution in [0, 0.1) is 10.1 Å². The molecule has 0 saturated carbocycles. The third-order valence-corrected chi connectivity index (χ3v) is 6.08. The molecule has 140 valence electrons. The molecule has 3 rings (SSSR count). The van der Waals surface area contributed by atoms with Gasteiger partial charge in [-0.1, -0.05) is 46.3 Å². The molecule has 27 heavy (non-hydrogen) atoms. The van der Waals surface area contributed by atoms with Crippen molar-refractivity contribution in [2.45, 2.75) is 17.2 Å². The molecule has 0 radical (unpaired) electrons. The van der Waals surface area contributed by atoms with E-state index in [0.29, 0.717) is 22.7 Å². The van der Waals surface area contributed by atoms with Crippen molar-refractivity contribution in [3.05, 3.63) is 70.3 Å². The normalized spacial score (nSPS) is 20.3. The number of amides is 1. The molecule has 1 aliphatic heterocycles. The van der Waals surface area contributed by atoms with Gasteiger partial charge >= 0.3 is 0 Å². The van der Waals surface area contributed by atoms with Gasteiger partial charge in [-0.2, -0.15) is 10.1 Å². The van der Waals surface area contributed by atoms with E-state index in [2.05, 4.69) is 21.0 Å². The zero-order valence-electron chi connectivity index (χ0n) is 14.8. The standard InChI is InChI=1S/C19H18BrN3O4/c1-13-19(20,18(24)23(21-13)15-6-4-3-5-7-15)17(12-22(25)26)14-8-10-16(27-2)11-9-14/h3-11,17H,12H2,1-2H3/t17-,19-/m0/s1. The van der Waals surface area contributed by atoms with E-state index in [4.69, 9.17) is 4.74 Å². The number of ether oxygens (including phenoxy) is 1. The summed E-state index contributed by atoms with van der Waals surface area (Å²) in [7, 11) is 1.55. The van der Waals surface area contributed by atoms with Crippen molar-refractivity contribution in [2.75, 3.05) is 18.7 Å². The topological polar surface area (TPSA) is 85.0 Å². The summed E-state index contributed by atoms with van der Waals surface area (Å²) in [6.45, 7) is 1.28. The van der Waals surface area contributed by atoms with Crippen LogP contribution in [0.15, 0.2) is 59.7 Å². The van der Waals surface area contributed by atoms with Gasteiger partial charge in [0.1, 0.15) is 5.75 Å². The van der Waals surface area contributed by atoms with E-state index in [9.17, 15) is 14.9 Å². The minimum absolute atomic E-state index is 0.353. The fourth-order valence-electron chi connectivity index (χ4n) is 3.17. The van der Waals surface area contributed by atoms with E-state index >= 15 is 0 Å². The van der Waals surface area contributed by atoms with Gasteiger partial charge in [-0.3, -0.25) is 14.9 Å². The van der Waals surface area contributed by atoms with Gasteiger partial charge in [-0.15, -0.1) is 0 Å². The summed E-state index contributed by atoms with van der Waals surface area (Å²) in [5, 5.41) is 17.0. The molecule has 1 aliphatic rings. The Morgan fingerprint density at radius 1 is 1.22 bits per heavy atom. The number of carbonyl (C=O) groups is 1. The van der Waals surface area contributed by atoms with Gasteiger partial charge in [-0.05, 0) is 36.8 Å². The van der Waals surface area contributed by atoms with E-state index in [1.807, 2.05) is 6.07 Å². The number of methoxy groups -OCH3 is 1. The lowest BCUT2D eigenvalue weighted by Crippen LogP contribution is -2.47. The van der Waals surface area contributed by atoms with Gasteiger partial charge in [0.25, 0.3) is 5.91 Å². The second-order valence-electron chi connectivity index (χ2n) is 6.19. The molecule has 1 amide bonds. The molecule has 2 aromatic carbocycles. The number of halogens is 1. The van der Waals surface area contributed by atoms with Gasteiger partial charge in [0.2, 0.25) is 6.54 Å². The first-order chi connectivity index (χ1) is 12.9. The van der Waals surface area contributed by atoms with Gasteiger partial charge < -0.3 is 4.74 Å². The van der Waals surface area contributed by atoms with Crippen molar-refractivity contribution < 1.29 is 14.5 Å². The highest BCUT2D eigenvalue weighted by atomic mass is 79.9. The highest BCUT2D eigenvalue weighted by Gasteiger charge is 2.55. The van der Waals surface area contributed by atoms with Crippen LogP contribution in [0.1, 0.15) is 18.4 Å². The van der Waals surface area contributed by atoms with Crippen LogP contribution in [0.3, 0.4) is 0 Å². The number of alkyl halides is 1. The highest BCUT2D eigenvalue weighted by Crippen LogP contribution is 2.44. The number of rotatable bonds is 6. The molecule has 8 heteroatoms. The number of nitro groups is 1. The van der Waals surface area contributed by atoms with Gasteiger partial charge in [0, 0.05) is 4.92 Å². The Morgan fingerprint density at radius 3 is 2.41 bits per heavy atom. The number of para-hydroxylation sites is 1. The van der Waals surface area contributed by atoms with E-state index in [0.717, 1.165) is 0 Å². The lowest BCUT2D eigenvalue weighted by atomic mass is 9.82. The second kappa shape index (κ2) is 7.48. The molecule has 1 heterocycles. The summed E-state index contributed by atoms with van der Waals surface area (Å²) in [6, 6.07) is 15.9. The quantitative estimate of drug-likeness (QED) is 0.397. The van der Waals surface area contributed by atoms with Crippen molar-refractivity contribution in [3.8, 4) is 5.75 Å². The molecule has 0 spiro atoms. The smallest absolute Gasteiger partial charge is 0.271 e. The molecule has 0 aromatic heterocycles. The van der Waals surface area contributed by atoms with Crippen molar-refractivity contribution in [1.29, 1.82) is 0 Å². The minimum atomic E-state index is -1.30. The summed E-state index contributed by atoms with van der Waals surface area (Å²) in [5.74, 6) is -0.450. The molecule has 2 aromatic rings. The maximum atomic E-state index is 13.3. The number of hydrogen-bond acceptors (Lipinski definition) is 5. The number of benzene rings is 2. The Balaban J connectivity index is 2.03. The summed E-state index contributed by atoms with van der Waals surface area (Å²) >= 11 is 3.52. The fourth-order valence-corrected chi connectivity index (χ4v) is 3.82. The summed E-state index contributed by atoms with van der Waals surface area (Å²) < 4.78 is 3.85. The predicted octanol–water partition coefficient (Wildman–Crippen LogP) is 3.61. The number of nitrogens with zero attached hydrogens (tertiary/aromatic N) is 3. The molecule has 7 nitrogen and oxygen atoms in total. The fraction of sp³-hybridized carbons (Fsp3) is 0.263. The first-order valence-electron chi connectivity index (χ1n) is 8.28. The van der Waals surface area contributed by atoms with E-state index in [1.165, 1.54) is 5.01 Å². The van der Waals surface area contributed by atoms with Crippen molar-refractivity contribution in [2.24, 2.45) is 5.10 Å².